The molecule has 4 rings (SSSR count). The number of piperidine rings is 1. The minimum absolute atomic E-state index is 0.0240. The highest BCUT2D eigenvalue weighted by molar-refractivity contribution is 7.92. The number of halogens is 7. The van der Waals surface area contributed by atoms with Crippen LogP contribution < -0.4 is 9.62 Å². The number of aryl methyl sites for hydroxylation is 1. The molecule has 17 heteroatoms. The number of nitrogens with one attached hydrogen (secondary N) is 1. The first kappa shape index (κ1) is 35.4. The minimum atomic E-state index is -6.16. The molecule has 254 valence electrons. The summed E-state index contributed by atoms with van der Waals surface area (Å²) in [6, 6.07) is 3.82. The van der Waals surface area contributed by atoms with Crippen molar-refractivity contribution < 1.29 is 53.8 Å². The van der Waals surface area contributed by atoms with E-state index in [2.05, 4.69) is 10.2 Å². The molecule has 1 atom stereocenters. The highest BCUT2D eigenvalue weighted by Crippen LogP contribution is 2.51. The second-order valence-corrected chi connectivity index (χ2v) is 13.3. The number of amides is 2. The Morgan fingerprint density at radius 2 is 1.57 bits per heavy atom. The Morgan fingerprint density at radius 3 is 2.13 bits per heavy atom. The van der Waals surface area contributed by atoms with Gasteiger partial charge in [-0.15, -0.1) is 0 Å². The van der Waals surface area contributed by atoms with Crippen molar-refractivity contribution >= 4 is 27.5 Å². The maximum Gasteiger partial charge on any atom is 0.430 e. The number of hydrogen-bond donors (Lipinski definition) is 2. The number of nitrogens with zero attached hydrogens (tertiary/aromatic N) is 3. The monoisotopic (exact) mass is 682 g/mol. The van der Waals surface area contributed by atoms with Gasteiger partial charge in [-0.25, -0.2) is 12.8 Å². The molecular weight excluding hydrogens is 649 g/mol. The standard InChI is InChI=1S/C29H33F7N4O5S/c1-38-13-11-21(12-14-38)39(2)26(42)17-37-25(41)16-22-7-3-18-15-19(27(43,28(31,32)33)29(34,35)36)4-10-24(18)40(22)46(44,45)23-8-5-20(30)6-9-23/h4-6,8-10,15,21-22,43H,3,7,11-14,16-17H2,1-2H3,(H,37,41)/t22-/m0/s1. The van der Waals surface area contributed by atoms with Gasteiger partial charge in [0.15, 0.2) is 0 Å². The Kier molecular flexibility index (Phi) is 10.00. The van der Waals surface area contributed by atoms with Crippen LogP contribution in [-0.2, 0) is 31.6 Å². The molecule has 2 amide bonds. The van der Waals surface area contributed by atoms with Gasteiger partial charge in [-0.2, -0.15) is 26.3 Å². The third-order valence-corrected chi connectivity index (χ3v) is 10.4. The number of benzene rings is 2. The Morgan fingerprint density at radius 1 is 0.978 bits per heavy atom. The Labute approximate surface area is 261 Å². The summed E-state index contributed by atoms with van der Waals surface area (Å²) in [5, 5.41) is 12.4. The van der Waals surface area contributed by atoms with Gasteiger partial charge >= 0.3 is 12.4 Å². The zero-order chi connectivity index (χ0) is 34.2. The lowest BCUT2D eigenvalue weighted by Crippen LogP contribution is -2.54. The average Bonchev–Trinajstić information content (AvgIpc) is 2.98. The number of likely N-dealkylation sites (N-methyl/N-ethyl adjacent to an activating group) is 1. The number of hydrogen-bond acceptors (Lipinski definition) is 6. The topological polar surface area (TPSA) is 110 Å². The highest BCUT2D eigenvalue weighted by Gasteiger charge is 2.71. The summed E-state index contributed by atoms with van der Waals surface area (Å²) in [5.41, 5.74) is -7.38. The molecule has 0 aromatic heterocycles. The van der Waals surface area contributed by atoms with Crippen LogP contribution in [-0.4, -0.2) is 93.3 Å². The fraction of sp³-hybridized carbons (Fsp3) is 0.517. The van der Waals surface area contributed by atoms with Crippen molar-refractivity contribution in [3.63, 3.8) is 0 Å². The van der Waals surface area contributed by atoms with E-state index in [1.165, 1.54) is 4.90 Å². The molecular formula is C29H33F7N4O5S. The summed E-state index contributed by atoms with van der Waals surface area (Å²) in [5.74, 6) is -1.87. The molecule has 0 aliphatic carbocycles. The van der Waals surface area contributed by atoms with Crippen LogP contribution in [0.5, 0.6) is 0 Å². The van der Waals surface area contributed by atoms with E-state index in [1.54, 1.807) is 7.05 Å². The predicted octanol–water partition coefficient (Wildman–Crippen LogP) is 3.71. The van der Waals surface area contributed by atoms with Gasteiger partial charge in [-0.1, -0.05) is 12.1 Å². The van der Waals surface area contributed by atoms with Crippen LogP contribution in [0.2, 0.25) is 0 Å². The maximum absolute atomic E-state index is 13.8. The second-order valence-electron chi connectivity index (χ2n) is 11.5. The molecule has 0 saturated carbocycles. The number of carbonyl (C=O) groups excluding carboxylic acids is 2. The number of rotatable bonds is 8. The van der Waals surface area contributed by atoms with E-state index >= 15 is 0 Å². The van der Waals surface area contributed by atoms with Crippen molar-refractivity contribution in [3.05, 3.63) is 59.4 Å². The van der Waals surface area contributed by atoms with E-state index in [9.17, 15) is 53.8 Å². The molecule has 2 N–H and O–H groups in total. The highest BCUT2D eigenvalue weighted by atomic mass is 32.2. The SMILES string of the molecule is CN1CCC(N(C)C(=O)CNC(=O)C[C@@H]2CCc3cc(C(O)(C(F)(F)F)C(F)(F)F)ccc3N2S(=O)(=O)c2ccc(F)cc2)CC1. The normalized spacial score (nSPS) is 18.7. The molecule has 2 heterocycles. The summed E-state index contributed by atoms with van der Waals surface area (Å²) in [6.45, 7) is 1.21. The minimum Gasteiger partial charge on any atom is -0.369 e. The van der Waals surface area contributed by atoms with E-state index in [0.717, 1.165) is 50.2 Å². The molecule has 2 aromatic rings. The molecule has 0 spiro atoms. The summed E-state index contributed by atoms with van der Waals surface area (Å²) >= 11 is 0. The van der Waals surface area contributed by atoms with Crippen molar-refractivity contribution in [2.45, 2.75) is 67.0 Å². The molecule has 0 bridgehead atoms. The maximum atomic E-state index is 13.8. The van der Waals surface area contributed by atoms with Crippen molar-refractivity contribution in [2.75, 3.05) is 38.0 Å². The quantitative estimate of drug-likeness (QED) is 0.412. The van der Waals surface area contributed by atoms with Crippen molar-refractivity contribution in [3.8, 4) is 0 Å². The predicted molar refractivity (Wildman–Crippen MR) is 152 cm³/mol. The van der Waals surface area contributed by atoms with E-state index in [1.807, 2.05) is 7.05 Å². The molecule has 2 aromatic carbocycles. The van der Waals surface area contributed by atoms with Gasteiger partial charge in [0.25, 0.3) is 15.6 Å². The Hall–Kier alpha value is -3.44. The second kappa shape index (κ2) is 13.0. The van der Waals surface area contributed by atoms with Crippen LogP contribution in [0.4, 0.5) is 36.4 Å². The van der Waals surface area contributed by atoms with Crippen molar-refractivity contribution in [1.29, 1.82) is 0 Å². The zero-order valence-corrected chi connectivity index (χ0v) is 25.6. The lowest BCUT2D eigenvalue weighted by atomic mass is 9.87. The number of carbonyl (C=O) groups is 2. The average molecular weight is 683 g/mol. The van der Waals surface area contributed by atoms with E-state index in [-0.39, 0.29) is 42.6 Å². The fourth-order valence-corrected chi connectivity index (χ4v) is 7.47. The summed E-state index contributed by atoms with van der Waals surface area (Å²) in [7, 11) is -1.07. The van der Waals surface area contributed by atoms with E-state index < -0.39 is 62.6 Å². The van der Waals surface area contributed by atoms with E-state index in [0.29, 0.717) is 22.5 Å². The zero-order valence-electron chi connectivity index (χ0n) is 24.8. The van der Waals surface area contributed by atoms with E-state index in [4.69, 9.17) is 0 Å². The summed E-state index contributed by atoms with van der Waals surface area (Å²) < 4.78 is 123. The molecule has 0 radical (unpaired) electrons. The summed E-state index contributed by atoms with van der Waals surface area (Å²) in [4.78, 5) is 29.0. The van der Waals surface area contributed by atoms with Gasteiger partial charge in [0.05, 0.1) is 23.2 Å². The van der Waals surface area contributed by atoms with Crippen LogP contribution in [0.25, 0.3) is 0 Å². The number of likely N-dealkylation sites (tertiary alicyclic amines) is 1. The summed E-state index contributed by atoms with van der Waals surface area (Å²) in [6.07, 6.45) is -11.8. The lowest BCUT2D eigenvalue weighted by molar-refractivity contribution is -0.376. The first-order chi connectivity index (χ1) is 21.3. The molecule has 2 aliphatic rings. The van der Waals surface area contributed by atoms with Crippen LogP contribution in [0.15, 0.2) is 47.4 Å². The van der Waals surface area contributed by atoms with Gasteiger partial charge in [0.1, 0.15) is 5.82 Å². The fourth-order valence-electron chi connectivity index (χ4n) is 5.75. The molecule has 9 nitrogen and oxygen atoms in total. The van der Waals surface area contributed by atoms with Crippen LogP contribution >= 0.6 is 0 Å². The number of alkyl halides is 6. The number of sulfonamides is 1. The smallest absolute Gasteiger partial charge is 0.369 e. The van der Waals surface area contributed by atoms with Crippen molar-refractivity contribution in [2.24, 2.45) is 0 Å². The number of fused-ring (bicyclic) bond motifs is 1. The number of anilines is 1. The third-order valence-electron chi connectivity index (χ3n) is 8.49. The Balaban J connectivity index is 1.62. The lowest BCUT2D eigenvalue weighted by Gasteiger charge is -2.39. The van der Waals surface area contributed by atoms with Crippen LogP contribution in [0, 0.1) is 5.82 Å². The molecule has 1 saturated heterocycles. The van der Waals surface area contributed by atoms with Gasteiger partial charge in [0, 0.05) is 25.1 Å². The first-order valence-corrected chi connectivity index (χ1v) is 15.7. The third kappa shape index (κ3) is 6.95. The molecule has 46 heavy (non-hydrogen) atoms. The van der Waals surface area contributed by atoms with Gasteiger partial charge < -0.3 is 20.2 Å². The first-order valence-electron chi connectivity index (χ1n) is 14.3. The van der Waals surface area contributed by atoms with Gasteiger partial charge in [-0.3, -0.25) is 13.9 Å². The molecule has 0 unspecified atom stereocenters. The van der Waals surface area contributed by atoms with Crippen molar-refractivity contribution in [1.82, 2.24) is 15.1 Å². The Bertz CT molecular complexity index is 1530. The van der Waals surface area contributed by atoms with Crippen LogP contribution in [0.1, 0.15) is 36.8 Å². The molecule has 2 aliphatic heterocycles. The largest absolute Gasteiger partial charge is 0.430 e. The number of aliphatic hydroxyl groups is 1. The van der Waals surface area contributed by atoms with Gasteiger partial charge in [-0.05, 0) is 81.7 Å². The van der Waals surface area contributed by atoms with Gasteiger partial charge in [0.2, 0.25) is 11.8 Å². The van der Waals surface area contributed by atoms with Crippen LogP contribution in [0.3, 0.4) is 0 Å². The molecule has 1 fully saturated rings.